The minimum absolute atomic E-state index is 0.963. The molecule has 162 valence electrons. The fourth-order valence-corrected chi connectivity index (χ4v) is 5.75. The zero-order valence-corrected chi connectivity index (χ0v) is 18.8. The first-order valence-corrected chi connectivity index (χ1v) is 11.8. The molecule has 0 radical (unpaired) electrons. The Hall–Kier alpha value is -4.76. The Kier molecular flexibility index (Phi) is 3.66. The topological polar surface area (TPSA) is 30.7 Å². The molecule has 0 bridgehead atoms. The van der Waals surface area contributed by atoms with Crippen LogP contribution < -0.4 is 0 Å². The van der Waals surface area contributed by atoms with E-state index >= 15 is 0 Å². The first-order chi connectivity index (χ1) is 17.4. The summed E-state index contributed by atoms with van der Waals surface area (Å²) in [6, 6.07) is 34.6. The highest BCUT2D eigenvalue weighted by Gasteiger charge is 2.24. The molecule has 0 atom stereocenters. The van der Waals surface area contributed by atoms with E-state index in [1.54, 1.807) is 0 Å². The zero-order valence-electron chi connectivity index (χ0n) is 18.8. The van der Waals surface area contributed by atoms with E-state index in [2.05, 4.69) is 107 Å². The number of nitrogens with zero attached hydrogens (tertiary/aromatic N) is 3. The van der Waals surface area contributed by atoms with Crippen molar-refractivity contribution in [2.75, 3.05) is 0 Å². The largest absolute Gasteiger partial charge is 0.293 e. The van der Waals surface area contributed by atoms with Gasteiger partial charge in [0.05, 0.1) is 11.0 Å². The molecule has 0 amide bonds. The van der Waals surface area contributed by atoms with Gasteiger partial charge in [0.1, 0.15) is 5.82 Å². The summed E-state index contributed by atoms with van der Waals surface area (Å²) in [6.45, 7) is 0. The van der Waals surface area contributed by atoms with Crippen LogP contribution in [-0.4, -0.2) is 14.5 Å². The molecular weight excluding hydrogens is 426 g/mol. The van der Waals surface area contributed by atoms with E-state index in [9.17, 15) is 0 Å². The van der Waals surface area contributed by atoms with Crippen molar-refractivity contribution in [1.82, 2.24) is 14.5 Å². The maximum absolute atomic E-state index is 5.07. The number of hydrogen-bond donors (Lipinski definition) is 0. The van der Waals surface area contributed by atoms with Gasteiger partial charge in [-0.15, -0.1) is 0 Å². The van der Waals surface area contributed by atoms with Crippen molar-refractivity contribution in [2.24, 2.45) is 0 Å². The van der Waals surface area contributed by atoms with Crippen LogP contribution in [0.2, 0.25) is 0 Å². The molecule has 0 spiro atoms. The molecule has 3 aromatic heterocycles. The minimum Gasteiger partial charge on any atom is -0.293 e. The average Bonchev–Trinajstić information content (AvgIpc) is 3.44. The Balaban J connectivity index is 1.46. The van der Waals surface area contributed by atoms with Gasteiger partial charge in [-0.3, -0.25) is 9.55 Å². The molecular formula is C32H19N3. The lowest BCUT2D eigenvalue weighted by molar-refractivity contribution is 1.10. The highest BCUT2D eigenvalue weighted by Crippen LogP contribution is 2.48. The Morgan fingerprint density at radius 1 is 0.514 bits per heavy atom. The number of benzene rings is 4. The number of pyridine rings is 2. The molecule has 1 aliphatic carbocycles. The van der Waals surface area contributed by atoms with E-state index in [0.717, 1.165) is 33.4 Å². The zero-order chi connectivity index (χ0) is 22.9. The van der Waals surface area contributed by atoms with Crippen molar-refractivity contribution in [1.29, 1.82) is 0 Å². The van der Waals surface area contributed by atoms with Gasteiger partial charge < -0.3 is 0 Å². The van der Waals surface area contributed by atoms with Crippen LogP contribution in [0.3, 0.4) is 0 Å². The van der Waals surface area contributed by atoms with E-state index in [4.69, 9.17) is 4.98 Å². The van der Waals surface area contributed by atoms with Gasteiger partial charge in [-0.05, 0) is 46.5 Å². The molecule has 3 nitrogen and oxygen atoms in total. The van der Waals surface area contributed by atoms with Crippen LogP contribution >= 0.6 is 0 Å². The summed E-state index contributed by atoms with van der Waals surface area (Å²) in [6.07, 6.45) is 5.85. The Morgan fingerprint density at radius 2 is 1.34 bits per heavy atom. The standard InChI is InChI=1S/C32H19N3/c1-2-7-20(8-3-1)21-13-14-30-26(17-21)23-9-4-5-12-29(23)35(30)32-25-11-6-10-24-22-15-16-33-18-27(22)28(19-34-32)31(24)25/h1-19H. The van der Waals surface area contributed by atoms with E-state index in [-0.39, 0.29) is 0 Å². The third-order valence-corrected chi connectivity index (χ3v) is 7.28. The number of fused-ring (bicyclic) bond motifs is 6. The summed E-state index contributed by atoms with van der Waals surface area (Å²) in [5.41, 5.74) is 9.58. The number of hydrogen-bond acceptors (Lipinski definition) is 2. The predicted octanol–water partition coefficient (Wildman–Crippen LogP) is 8.04. The molecule has 3 heteroatoms. The van der Waals surface area contributed by atoms with E-state index < -0.39 is 0 Å². The van der Waals surface area contributed by atoms with Crippen LogP contribution in [0.5, 0.6) is 0 Å². The van der Waals surface area contributed by atoms with Crippen LogP contribution in [0.25, 0.3) is 71.8 Å². The third-order valence-electron chi connectivity index (χ3n) is 7.28. The normalized spacial score (nSPS) is 12.0. The van der Waals surface area contributed by atoms with Crippen LogP contribution in [0.1, 0.15) is 0 Å². The van der Waals surface area contributed by atoms with Gasteiger partial charge in [0.15, 0.2) is 0 Å². The van der Waals surface area contributed by atoms with Gasteiger partial charge in [0, 0.05) is 51.3 Å². The highest BCUT2D eigenvalue weighted by atomic mass is 15.1. The number of para-hydroxylation sites is 1. The lowest BCUT2D eigenvalue weighted by atomic mass is 10.0. The summed E-state index contributed by atoms with van der Waals surface area (Å²) in [4.78, 5) is 9.45. The molecule has 0 saturated carbocycles. The van der Waals surface area contributed by atoms with Crippen molar-refractivity contribution in [3.05, 3.63) is 116 Å². The quantitative estimate of drug-likeness (QED) is 0.269. The van der Waals surface area contributed by atoms with Crippen molar-refractivity contribution < 1.29 is 0 Å². The maximum atomic E-state index is 5.07. The molecule has 35 heavy (non-hydrogen) atoms. The minimum atomic E-state index is 0.963. The highest BCUT2D eigenvalue weighted by molar-refractivity contribution is 6.18. The van der Waals surface area contributed by atoms with E-state index in [1.165, 1.54) is 38.4 Å². The van der Waals surface area contributed by atoms with Crippen LogP contribution in [-0.2, 0) is 0 Å². The summed E-state index contributed by atoms with van der Waals surface area (Å²) in [7, 11) is 0. The van der Waals surface area contributed by atoms with Gasteiger partial charge >= 0.3 is 0 Å². The molecule has 4 aromatic carbocycles. The van der Waals surface area contributed by atoms with E-state index in [1.807, 2.05) is 18.6 Å². The van der Waals surface area contributed by atoms with Gasteiger partial charge in [-0.25, -0.2) is 4.98 Å². The van der Waals surface area contributed by atoms with Gasteiger partial charge in [0.25, 0.3) is 0 Å². The second kappa shape index (κ2) is 6.87. The van der Waals surface area contributed by atoms with Crippen molar-refractivity contribution in [3.63, 3.8) is 0 Å². The number of aromatic nitrogens is 3. The second-order valence-corrected chi connectivity index (χ2v) is 9.10. The number of rotatable bonds is 2. The Bertz CT molecular complexity index is 1920. The third kappa shape index (κ3) is 2.50. The summed E-state index contributed by atoms with van der Waals surface area (Å²) in [5.74, 6) is 0.963. The molecule has 7 aromatic rings. The Morgan fingerprint density at radius 3 is 2.29 bits per heavy atom. The molecule has 0 aliphatic heterocycles. The fraction of sp³-hybridized carbons (Fsp3) is 0. The monoisotopic (exact) mass is 445 g/mol. The molecule has 0 N–H and O–H groups in total. The molecule has 8 rings (SSSR count). The maximum Gasteiger partial charge on any atom is 0.145 e. The summed E-state index contributed by atoms with van der Waals surface area (Å²) in [5, 5.41) is 4.88. The molecule has 1 aliphatic rings. The second-order valence-electron chi connectivity index (χ2n) is 9.10. The van der Waals surface area contributed by atoms with Crippen LogP contribution in [0.4, 0.5) is 0 Å². The van der Waals surface area contributed by atoms with Crippen molar-refractivity contribution in [2.45, 2.75) is 0 Å². The predicted molar refractivity (Wildman–Crippen MR) is 144 cm³/mol. The molecule has 0 fully saturated rings. The Labute approximate surface area is 202 Å². The van der Waals surface area contributed by atoms with Crippen molar-refractivity contribution >= 4 is 32.6 Å². The average molecular weight is 446 g/mol. The van der Waals surface area contributed by atoms with Crippen LogP contribution in [0.15, 0.2) is 116 Å². The van der Waals surface area contributed by atoms with Crippen LogP contribution in [0, 0.1) is 0 Å². The lowest BCUT2D eigenvalue weighted by Crippen LogP contribution is -1.99. The van der Waals surface area contributed by atoms with Gasteiger partial charge in [-0.2, -0.15) is 0 Å². The van der Waals surface area contributed by atoms with Gasteiger partial charge in [0.2, 0.25) is 0 Å². The smallest absolute Gasteiger partial charge is 0.145 e. The summed E-state index contributed by atoms with van der Waals surface area (Å²) < 4.78 is 2.32. The first-order valence-electron chi connectivity index (χ1n) is 11.8. The van der Waals surface area contributed by atoms with Gasteiger partial charge in [-0.1, -0.05) is 72.8 Å². The molecule has 3 heterocycles. The SMILES string of the molecule is c1ccc(-c2ccc3c(c2)c2ccccc2n3-c2ncc3c4c(cccc24)-c2ccncc2-3)cc1. The summed E-state index contributed by atoms with van der Waals surface area (Å²) >= 11 is 0. The van der Waals surface area contributed by atoms with Crippen molar-refractivity contribution in [3.8, 4) is 39.2 Å². The van der Waals surface area contributed by atoms with E-state index in [0.29, 0.717) is 0 Å². The molecule has 0 saturated heterocycles. The molecule has 0 unspecified atom stereocenters. The first kappa shape index (κ1) is 18.6. The lowest BCUT2D eigenvalue weighted by Gasteiger charge is -2.12. The fourth-order valence-electron chi connectivity index (χ4n) is 5.75.